The number of nitrogens with zero attached hydrogens (tertiary/aromatic N) is 5. The minimum atomic E-state index is -0.576. The van der Waals surface area contributed by atoms with Crippen LogP contribution in [0.3, 0.4) is 0 Å². The maximum absolute atomic E-state index is 14.8. The van der Waals surface area contributed by atoms with Gasteiger partial charge in [-0.15, -0.1) is 10.2 Å². The maximum Gasteiger partial charge on any atom is 0.275 e. The van der Waals surface area contributed by atoms with Crippen LogP contribution in [-0.4, -0.2) is 48.7 Å². The molecule has 0 saturated heterocycles. The lowest BCUT2D eigenvalue weighted by atomic mass is 9.69. The number of hydrogen-bond donors (Lipinski definition) is 2. The Balaban J connectivity index is 1.34. The van der Waals surface area contributed by atoms with Gasteiger partial charge in [-0.1, -0.05) is 77.1 Å². The van der Waals surface area contributed by atoms with Gasteiger partial charge in [0.25, 0.3) is 11.8 Å². The van der Waals surface area contributed by atoms with Crippen molar-refractivity contribution in [3.05, 3.63) is 76.6 Å². The highest BCUT2D eigenvalue weighted by molar-refractivity contribution is 6.46. The van der Waals surface area contributed by atoms with E-state index in [0.29, 0.717) is 28.9 Å². The summed E-state index contributed by atoms with van der Waals surface area (Å²) in [5.41, 5.74) is 4.17. The van der Waals surface area contributed by atoms with Crippen molar-refractivity contribution in [1.82, 2.24) is 30.8 Å². The van der Waals surface area contributed by atoms with E-state index in [1.54, 1.807) is 0 Å². The number of hydrogen-bond acceptors (Lipinski definition) is 6. The van der Waals surface area contributed by atoms with E-state index in [1.165, 1.54) is 18.4 Å². The number of amides is 2. The molecule has 2 N–H and O–H groups in total. The molecule has 0 radical (unpaired) electrons. The fraction of sp³-hybridized carbons (Fsp3) is 0.568. The summed E-state index contributed by atoms with van der Waals surface area (Å²) in [6.45, 7) is 13.9. The van der Waals surface area contributed by atoms with Crippen LogP contribution in [0.4, 0.5) is 0 Å². The Hall–Kier alpha value is -3.88. The van der Waals surface area contributed by atoms with Gasteiger partial charge in [0.1, 0.15) is 11.4 Å². The van der Waals surface area contributed by atoms with E-state index in [4.69, 9.17) is 4.99 Å². The van der Waals surface area contributed by atoms with Crippen molar-refractivity contribution in [2.24, 2.45) is 21.7 Å². The summed E-state index contributed by atoms with van der Waals surface area (Å²) >= 11 is 0. The molecule has 2 aliphatic carbocycles. The average Bonchev–Trinajstić information content (AvgIpc) is 3.67. The van der Waals surface area contributed by atoms with Crippen LogP contribution in [0.5, 0.6) is 0 Å². The SMILES string of the molecule is CC(C)(C)CCC(c1ccc(C(=O)NCc2nn[nH]n2)cc1)N1C(=O)C(c2cccc(C3CC3)c2)=NC12CCC(C(C)(C)C)CC2. The van der Waals surface area contributed by atoms with Gasteiger partial charge < -0.3 is 10.2 Å². The Kier molecular flexibility index (Phi) is 8.63. The lowest BCUT2D eigenvalue weighted by molar-refractivity contribution is -0.134. The zero-order valence-electron chi connectivity index (χ0n) is 28.3. The first kappa shape index (κ1) is 32.1. The highest BCUT2D eigenvalue weighted by Gasteiger charge is 2.52. The second kappa shape index (κ2) is 12.4. The molecule has 9 nitrogen and oxygen atoms in total. The fourth-order valence-electron chi connectivity index (χ4n) is 7.28. The molecule has 3 aromatic rings. The molecule has 1 spiro atoms. The van der Waals surface area contributed by atoms with Crippen LogP contribution in [0, 0.1) is 16.7 Å². The third kappa shape index (κ3) is 6.93. The molecule has 6 rings (SSSR count). The molecule has 2 fully saturated rings. The second-order valence-electron chi connectivity index (χ2n) is 15.9. The number of nitrogens with one attached hydrogen (secondary N) is 2. The highest BCUT2D eigenvalue weighted by atomic mass is 16.2. The number of rotatable bonds is 9. The molecular weight excluding hydrogens is 574 g/mol. The summed E-state index contributed by atoms with van der Waals surface area (Å²) in [5.74, 6) is 1.43. The molecule has 2 saturated carbocycles. The third-order valence-electron chi connectivity index (χ3n) is 10.2. The lowest BCUT2D eigenvalue weighted by Gasteiger charge is -2.47. The molecular formula is C37H49N7O2. The van der Waals surface area contributed by atoms with Crippen molar-refractivity contribution in [2.45, 2.75) is 117 Å². The molecule has 1 aliphatic heterocycles. The Morgan fingerprint density at radius 1 is 1.02 bits per heavy atom. The van der Waals surface area contributed by atoms with Crippen molar-refractivity contribution in [3.8, 4) is 0 Å². The Bertz CT molecular complexity index is 1570. The summed E-state index contributed by atoms with van der Waals surface area (Å²) in [5, 5.41) is 16.6. The Morgan fingerprint density at radius 3 is 2.35 bits per heavy atom. The Morgan fingerprint density at radius 2 is 1.74 bits per heavy atom. The molecule has 3 aliphatic rings. The van der Waals surface area contributed by atoms with Crippen LogP contribution in [0.15, 0.2) is 53.5 Å². The van der Waals surface area contributed by atoms with Crippen molar-refractivity contribution >= 4 is 17.5 Å². The van der Waals surface area contributed by atoms with Gasteiger partial charge in [0, 0.05) is 11.1 Å². The van der Waals surface area contributed by atoms with E-state index < -0.39 is 5.66 Å². The second-order valence-corrected chi connectivity index (χ2v) is 15.9. The molecule has 2 aromatic carbocycles. The maximum atomic E-state index is 14.8. The summed E-state index contributed by atoms with van der Waals surface area (Å²) in [4.78, 5) is 35.3. The lowest BCUT2D eigenvalue weighted by Crippen LogP contribution is -2.51. The first-order valence-electron chi connectivity index (χ1n) is 17.0. The minimum Gasteiger partial charge on any atom is -0.345 e. The van der Waals surface area contributed by atoms with Crippen molar-refractivity contribution in [2.75, 3.05) is 0 Å². The average molecular weight is 624 g/mol. The standard InChI is InChI=1S/C37H49N7O2/c1-35(2,3)19-18-30(25-12-14-26(15-13-25)33(45)38-23-31-40-42-43-41-31)44-34(46)32(28-9-7-8-27(22-28)24-10-11-24)39-37(44)20-16-29(17-21-37)36(4,5)6/h7-9,12-15,22,24,29-30H,10-11,16-21,23H2,1-6H3,(H,38,45)(H,40,41,42,43). The summed E-state index contributed by atoms with van der Waals surface area (Å²) in [6.07, 6.45) is 7.98. The topological polar surface area (TPSA) is 116 Å². The van der Waals surface area contributed by atoms with Gasteiger partial charge >= 0.3 is 0 Å². The van der Waals surface area contributed by atoms with Gasteiger partial charge in [-0.2, -0.15) is 5.21 Å². The van der Waals surface area contributed by atoms with E-state index in [-0.39, 0.29) is 35.2 Å². The number of benzene rings is 2. The number of carbonyl (C=O) groups is 2. The van der Waals surface area contributed by atoms with E-state index in [9.17, 15) is 9.59 Å². The number of H-pyrrole nitrogens is 1. The first-order chi connectivity index (χ1) is 21.8. The minimum absolute atomic E-state index is 0.0306. The molecule has 2 heterocycles. The number of tetrazole rings is 1. The zero-order chi connectivity index (χ0) is 32.7. The zero-order valence-corrected chi connectivity index (χ0v) is 28.3. The van der Waals surface area contributed by atoms with E-state index in [0.717, 1.165) is 49.7 Å². The summed E-state index contributed by atoms with van der Waals surface area (Å²) in [7, 11) is 0. The third-order valence-corrected chi connectivity index (χ3v) is 10.2. The molecule has 9 heteroatoms. The van der Waals surface area contributed by atoms with Crippen LogP contribution < -0.4 is 5.32 Å². The molecule has 2 amide bonds. The van der Waals surface area contributed by atoms with Crippen LogP contribution in [0.1, 0.15) is 138 Å². The molecule has 1 unspecified atom stereocenters. The van der Waals surface area contributed by atoms with Crippen LogP contribution in [0.25, 0.3) is 0 Å². The predicted octanol–water partition coefficient (Wildman–Crippen LogP) is 7.14. The number of aliphatic imine (C=N–C) groups is 1. The van der Waals surface area contributed by atoms with Gasteiger partial charge in [-0.25, -0.2) is 0 Å². The van der Waals surface area contributed by atoms with E-state index in [2.05, 4.69) is 96.6 Å². The van der Waals surface area contributed by atoms with Crippen LogP contribution in [0.2, 0.25) is 0 Å². The van der Waals surface area contributed by atoms with Crippen molar-refractivity contribution < 1.29 is 9.59 Å². The Labute approximate surface area is 273 Å². The van der Waals surface area contributed by atoms with Gasteiger partial charge in [0.05, 0.1) is 12.6 Å². The quantitative estimate of drug-likeness (QED) is 0.263. The van der Waals surface area contributed by atoms with Crippen LogP contribution in [-0.2, 0) is 11.3 Å². The summed E-state index contributed by atoms with van der Waals surface area (Å²) < 4.78 is 0. The highest BCUT2D eigenvalue weighted by Crippen LogP contribution is 2.50. The molecule has 244 valence electrons. The summed E-state index contributed by atoms with van der Waals surface area (Å²) in [6, 6.07) is 16.1. The molecule has 1 aromatic heterocycles. The molecule has 0 bridgehead atoms. The normalized spacial score (nSPS) is 22.7. The van der Waals surface area contributed by atoms with E-state index >= 15 is 0 Å². The van der Waals surface area contributed by atoms with Gasteiger partial charge in [-0.3, -0.25) is 14.6 Å². The van der Waals surface area contributed by atoms with Gasteiger partial charge in [-0.05, 0) is 103 Å². The van der Waals surface area contributed by atoms with Crippen LogP contribution >= 0.6 is 0 Å². The molecule has 1 atom stereocenters. The van der Waals surface area contributed by atoms with Crippen molar-refractivity contribution in [1.29, 1.82) is 0 Å². The largest absolute Gasteiger partial charge is 0.345 e. The number of aromatic amines is 1. The van der Waals surface area contributed by atoms with Gasteiger partial charge in [0.2, 0.25) is 0 Å². The number of carbonyl (C=O) groups excluding carboxylic acids is 2. The predicted molar refractivity (Wildman–Crippen MR) is 179 cm³/mol. The number of aromatic nitrogens is 4. The first-order valence-corrected chi connectivity index (χ1v) is 17.0. The van der Waals surface area contributed by atoms with Crippen molar-refractivity contribution in [3.63, 3.8) is 0 Å². The monoisotopic (exact) mass is 623 g/mol. The van der Waals surface area contributed by atoms with E-state index in [1.807, 2.05) is 24.3 Å². The molecule has 46 heavy (non-hydrogen) atoms. The smallest absolute Gasteiger partial charge is 0.275 e. The fourth-order valence-corrected chi connectivity index (χ4v) is 7.28. The van der Waals surface area contributed by atoms with Gasteiger partial charge in [0.15, 0.2) is 5.82 Å².